The maximum absolute atomic E-state index is 13.8. The Balaban J connectivity index is 1.25. The zero-order valence-electron chi connectivity index (χ0n) is 24.5. The van der Waals surface area contributed by atoms with Gasteiger partial charge in [-0.3, -0.25) is 14.4 Å². The highest BCUT2D eigenvalue weighted by Gasteiger charge is 2.40. The van der Waals surface area contributed by atoms with Crippen LogP contribution in [0.25, 0.3) is 0 Å². The second kappa shape index (κ2) is 13.4. The van der Waals surface area contributed by atoms with Gasteiger partial charge in [0.05, 0.1) is 18.7 Å². The van der Waals surface area contributed by atoms with Crippen LogP contribution < -0.4 is 19.5 Å². The number of carbonyl (C=O) groups is 1. The normalized spacial score (nSPS) is 17.8. The first kappa shape index (κ1) is 28.9. The average Bonchev–Trinajstić information content (AvgIpc) is 3.43. The van der Waals surface area contributed by atoms with Crippen molar-refractivity contribution in [1.29, 1.82) is 0 Å². The van der Waals surface area contributed by atoms with Gasteiger partial charge in [0.25, 0.3) is 0 Å². The number of amides is 1. The van der Waals surface area contributed by atoms with E-state index in [2.05, 4.69) is 37.6 Å². The first-order valence-corrected chi connectivity index (χ1v) is 14.5. The summed E-state index contributed by atoms with van der Waals surface area (Å²) < 4.78 is 19.4. The molecule has 0 unspecified atom stereocenters. The van der Waals surface area contributed by atoms with Crippen molar-refractivity contribution in [2.24, 2.45) is 5.41 Å². The van der Waals surface area contributed by atoms with Crippen LogP contribution in [-0.2, 0) is 31.0 Å². The van der Waals surface area contributed by atoms with Crippen molar-refractivity contribution in [2.45, 2.75) is 51.9 Å². The third-order valence-electron chi connectivity index (χ3n) is 8.14. The topological polar surface area (TPSA) is 94.0 Å². The maximum atomic E-state index is 13.8. The number of benzene rings is 2. The molecule has 1 spiro atoms. The summed E-state index contributed by atoms with van der Waals surface area (Å²) in [6.45, 7) is 5.47. The van der Waals surface area contributed by atoms with Crippen molar-refractivity contribution in [1.82, 2.24) is 30.1 Å². The molecule has 2 aromatic carbocycles. The van der Waals surface area contributed by atoms with E-state index in [9.17, 15) is 4.79 Å². The quantitative estimate of drug-likeness (QED) is 0.468. The van der Waals surface area contributed by atoms with Crippen LogP contribution in [-0.4, -0.2) is 78.1 Å². The minimum Gasteiger partial charge on any atom is -0.493 e. The Bertz CT molecular complexity index is 1300. The van der Waals surface area contributed by atoms with Gasteiger partial charge in [0.1, 0.15) is 24.7 Å². The van der Waals surface area contributed by atoms with Gasteiger partial charge in [0.2, 0.25) is 5.91 Å². The van der Waals surface area contributed by atoms with Crippen LogP contribution >= 0.6 is 0 Å². The van der Waals surface area contributed by atoms with Crippen LogP contribution in [0.2, 0.25) is 0 Å². The summed E-state index contributed by atoms with van der Waals surface area (Å²) >= 11 is 0. The van der Waals surface area contributed by atoms with Gasteiger partial charge in [-0.2, -0.15) is 0 Å². The van der Waals surface area contributed by atoms with Crippen LogP contribution in [0.3, 0.4) is 0 Å². The molecule has 3 aromatic rings. The van der Waals surface area contributed by atoms with Crippen LogP contribution in [0.1, 0.15) is 42.5 Å². The Hall–Kier alpha value is -3.63. The maximum Gasteiger partial charge on any atom is 0.226 e. The van der Waals surface area contributed by atoms with Crippen LogP contribution in [0, 0.1) is 5.41 Å². The molecule has 220 valence electrons. The first-order valence-electron chi connectivity index (χ1n) is 14.5. The molecule has 1 amide bonds. The third kappa shape index (κ3) is 7.37. The minimum absolute atomic E-state index is 0.129. The number of hydrogen-bond acceptors (Lipinski definition) is 8. The SMILES string of the molecule is COc1cc(CN2CCC3(CCCn4cc(nn4)COc4ccccc4CNC3=O)CC2)ccc1OCCN(C)C. The van der Waals surface area contributed by atoms with Gasteiger partial charge >= 0.3 is 0 Å². The first-order chi connectivity index (χ1) is 19.9. The predicted molar refractivity (Wildman–Crippen MR) is 156 cm³/mol. The molecule has 0 atom stereocenters. The number of aryl methyl sites for hydroxylation is 1. The van der Waals surface area contributed by atoms with Crippen molar-refractivity contribution >= 4 is 5.91 Å². The lowest BCUT2D eigenvalue weighted by molar-refractivity contribution is -0.135. The summed E-state index contributed by atoms with van der Waals surface area (Å²) in [5, 5.41) is 11.8. The van der Waals surface area contributed by atoms with E-state index in [1.54, 1.807) is 7.11 Å². The van der Waals surface area contributed by atoms with Gasteiger partial charge in [-0.25, -0.2) is 0 Å². The molecule has 1 N–H and O–H groups in total. The minimum atomic E-state index is -0.415. The smallest absolute Gasteiger partial charge is 0.226 e. The molecule has 2 aliphatic heterocycles. The van der Waals surface area contributed by atoms with E-state index in [4.69, 9.17) is 14.2 Å². The Morgan fingerprint density at radius 2 is 1.90 bits per heavy atom. The highest BCUT2D eigenvalue weighted by molar-refractivity contribution is 5.82. The molecule has 1 aromatic heterocycles. The zero-order chi connectivity index (χ0) is 28.7. The fourth-order valence-electron chi connectivity index (χ4n) is 5.65. The number of carbonyl (C=O) groups excluding carboxylic acids is 1. The Morgan fingerprint density at radius 1 is 1.07 bits per heavy atom. The fraction of sp³-hybridized carbons (Fsp3) is 0.516. The third-order valence-corrected chi connectivity index (χ3v) is 8.14. The summed E-state index contributed by atoms with van der Waals surface area (Å²) in [6.07, 6.45) is 5.23. The standard InChI is InChI=1S/C31H42N6O4/c1-35(2)17-18-40-28-10-9-24(19-29(28)39-3)21-36-15-12-31(13-16-36)11-6-14-37-22-26(33-34-37)23-41-27-8-5-4-7-25(27)20-32-30(31)38/h4-5,7-10,19,22H,6,11-18,20-21,23H2,1-3H3,(H,32,38). The lowest BCUT2D eigenvalue weighted by atomic mass is 9.73. The molecule has 5 rings (SSSR count). The van der Waals surface area contributed by atoms with E-state index >= 15 is 0 Å². The van der Waals surface area contributed by atoms with Crippen LogP contribution in [0.15, 0.2) is 48.7 Å². The summed E-state index contributed by atoms with van der Waals surface area (Å²) in [7, 11) is 5.74. The number of fused-ring (bicyclic) bond motifs is 3. The van der Waals surface area contributed by atoms with E-state index in [0.29, 0.717) is 19.8 Å². The number of likely N-dealkylation sites (tertiary alicyclic amines) is 1. The molecule has 1 saturated heterocycles. The van der Waals surface area contributed by atoms with Gasteiger partial charge in [-0.05, 0) is 76.6 Å². The van der Waals surface area contributed by atoms with Gasteiger partial charge in [-0.15, -0.1) is 5.10 Å². The van der Waals surface area contributed by atoms with Crippen molar-refractivity contribution in [3.05, 3.63) is 65.5 Å². The van der Waals surface area contributed by atoms with E-state index < -0.39 is 5.41 Å². The van der Waals surface area contributed by atoms with Crippen molar-refractivity contribution < 1.29 is 19.0 Å². The molecule has 0 saturated carbocycles. The van der Waals surface area contributed by atoms with Crippen molar-refractivity contribution in [3.8, 4) is 17.2 Å². The summed E-state index contributed by atoms with van der Waals surface area (Å²) in [5.74, 6) is 2.40. The van der Waals surface area contributed by atoms with E-state index in [0.717, 1.165) is 86.9 Å². The van der Waals surface area contributed by atoms with Gasteiger partial charge < -0.3 is 24.4 Å². The molecule has 0 radical (unpaired) electrons. The molecule has 3 heterocycles. The average molecular weight is 563 g/mol. The number of nitrogens with one attached hydrogen (secondary N) is 1. The van der Waals surface area contributed by atoms with Crippen LogP contribution in [0.5, 0.6) is 17.2 Å². The fourth-order valence-corrected chi connectivity index (χ4v) is 5.65. The molecule has 2 bridgehead atoms. The number of rotatable bonds is 7. The molecule has 2 aliphatic rings. The van der Waals surface area contributed by atoms with E-state index in [1.807, 2.05) is 55.3 Å². The number of nitrogens with zero attached hydrogens (tertiary/aromatic N) is 5. The highest BCUT2D eigenvalue weighted by Crippen LogP contribution is 2.38. The van der Waals surface area contributed by atoms with E-state index in [-0.39, 0.29) is 5.91 Å². The van der Waals surface area contributed by atoms with Gasteiger partial charge in [-0.1, -0.05) is 29.5 Å². The van der Waals surface area contributed by atoms with Crippen LogP contribution in [0.4, 0.5) is 0 Å². The lowest BCUT2D eigenvalue weighted by Gasteiger charge is -2.41. The monoisotopic (exact) mass is 562 g/mol. The predicted octanol–water partition coefficient (Wildman–Crippen LogP) is 3.50. The number of aromatic nitrogens is 3. The number of methoxy groups -OCH3 is 1. The Morgan fingerprint density at radius 3 is 2.71 bits per heavy atom. The summed E-state index contributed by atoms with van der Waals surface area (Å²) in [4.78, 5) is 18.3. The zero-order valence-corrected chi connectivity index (χ0v) is 24.5. The summed E-state index contributed by atoms with van der Waals surface area (Å²) in [5.41, 5.74) is 2.52. The van der Waals surface area contributed by atoms with E-state index in [1.165, 1.54) is 5.56 Å². The molecule has 41 heavy (non-hydrogen) atoms. The molecular formula is C31H42N6O4. The number of hydrogen-bond donors (Lipinski definition) is 1. The largest absolute Gasteiger partial charge is 0.493 e. The Labute approximate surface area is 242 Å². The molecule has 10 nitrogen and oxygen atoms in total. The van der Waals surface area contributed by atoms with Crippen molar-refractivity contribution in [3.63, 3.8) is 0 Å². The van der Waals surface area contributed by atoms with Gasteiger partial charge in [0, 0.05) is 31.7 Å². The summed E-state index contributed by atoms with van der Waals surface area (Å²) in [6, 6.07) is 14.0. The number of ether oxygens (including phenoxy) is 3. The Kier molecular flexibility index (Phi) is 9.41. The molecule has 10 heteroatoms. The molecule has 0 aliphatic carbocycles. The molecule has 1 fully saturated rings. The highest BCUT2D eigenvalue weighted by atomic mass is 16.5. The number of para-hydroxylation sites is 1. The number of likely N-dealkylation sites (N-methyl/N-ethyl adjacent to an activating group) is 1. The van der Waals surface area contributed by atoms with Crippen molar-refractivity contribution in [2.75, 3.05) is 47.4 Å². The van der Waals surface area contributed by atoms with Gasteiger partial charge in [0.15, 0.2) is 11.5 Å². The number of piperidine rings is 1. The second-order valence-electron chi connectivity index (χ2n) is 11.3. The second-order valence-corrected chi connectivity index (χ2v) is 11.3. The lowest BCUT2D eigenvalue weighted by Crippen LogP contribution is -2.48. The molecular weight excluding hydrogens is 520 g/mol.